The van der Waals surface area contributed by atoms with Crippen molar-refractivity contribution in [1.82, 2.24) is 24.4 Å². The zero-order chi connectivity index (χ0) is 25.0. The van der Waals surface area contributed by atoms with Crippen molar-refractivity contribution < 1.29 is 14.6 Å². The number of benzene rings is 2. The van der Waals surface area contributed by atoms with E-state index >= 15 is 0 Å². The molecule has 0 radical (unpaired) electrons. The zero-order valence-electron chi connectivity index (χ0n) is 21.0. The van der Waals surface area contributed by atoms with Gasteiger partial charge in [0.05, 0.1) is 26.2 Å². The van der Waals surface area contributed by atoms with E-state index in [0.717, 1.165) is 69.0 Å². The smallest absolute Gasteiger partial charge is 0.363 e. The number of carboxylic acids is 1. The van der Waals surface area contributed by atoms with Crippen molar-refractivity contribution in [3.8, 4) is 5.75 Å². The van der Waals surface area contributed by atoms with Gasteiger partial charge in [-0.25, -0.2) is 9.48 Å². The lowest BCUT2D eigenvalue weighted by atomic mass is 9.97. The van der Waals surface area contributed by atoms with Gasteiger partial charge in [0.2, 0.25) is 0 Å². The van der Waals surface area contributed by atoms with Gasteiger partial charge in [0.25, 0.3) is 5.82 Å². The van der Waals surface area contributed by atoms with Crippen molar-refractivity contribution in [2.75, 3.05) is 33.3 Å². The SMILES string of the molecule is COc1ccc(Cn2cc([N+]3(C4CCN(CCc5ccccc5)CC4)CCC[C@H]3C(=O)O)nn2)cc1. The number of methoxy groups -OCH3 is 1. The molecule has 5 rings (SSSR count). The Balaban J connectivity index is 1.31. The molecule has 2 aliphatic heterocycles. The maximum Gasteiger partial charge on any atom is 0.363 e. The second-order valence-corrected chi connectivity index (χ2v) is 10.1. The van der Waals surface area contributed by atoms with Crippen LogP contribution in [-0.4, -0.2) is 76.3 Å². The Morgan fingerprint density at radius 1 is 1.06 bits per heavy atom. The molecule has 1 aromatic heterocycles. The highest BCUT2D eigenvalue weighted by atomic mass is 16.5. The topological polar surface area (TPSA) is 80.5 Å². The molecular weight excluding hydrogens is 454 g/mol. The highest BCUT2D eigenvalue weighted by Gasteiger charge is 2.55. The van der Waals surface area contributed by atoms with Crippen LogP contribution in [0.25, 0.3) is 0 Å². The second kappa shape index (κ2) is 10.8. The summed E-state index contributed by atoms with van der Waals surface area (Å²) in [6.45, 7) is 4.42. The van der Waals surface area contributed by atoms with E-state index in [4.69, 9.17) is 4.74 Å². The summed E-state index contributed by atoms with van der Waals surface area (Å²) in [5, 5.41) is 19.2. The molecule has 2 fully saturated rings. The molecule has 1 N–H and O–H groups in total. The first-order chi connectivity index (χ1) is 17.6. The van der Waals surface area contributed by atoms with Crippen molar-refractivity contribution in [3.63, 3.8) is 0 Å². The molecule has 36 heavy (non-hydrogen) atoms. The Labute approximate surface area is 212 Å². The predicted molar refractivity (Wildman–Crippen MR) is 139 cm³/mol. The van der Waals surface area contributed by atoms with Crippen molar-refractivity contribution >= 4 is 11.8 Å². The Morgan fingerprint density at radius 3 is 2.50 bits per heavy atom. The van der Waals surface area contributed by atoms with Crippen LogP contribution in [0.2, 0.25) is 0 Å². The number of piperidine rings is 1. The van der Waals surface area contributed by atoms with Gasteiger partial charge in [0, 0.05) is 45.3 Å². The number of rotatable bonds is 9. The van der Waals surface area contributed by atoms with Gasteiger partial charge >= 0.3 is 5.97 Å². The molecule has 2 atom stereocenters. The maximum absolute atomic E-state index is 12.4. The molecule has 0 bridgehead atoms. The van der Waals surface area contributed by atoms with Crippen LogP contribution in [-0.2, 0) is 17.8 Å². The number of nitrogens with zero attached hydrogens (tertiary/aromatic N) is 5. The summed E-state index contributed by atoms with van der Waals surface area (Å²) in [6, 6.07) is 18.3. The van der Waals surface area contributed by atoms with Crippen LogP contribution in [0, 0.1) is 0 Å². The molecule has 0 amide bonds. The fourth-order valence-corrected chi connectivity index (χ4v) is 6.16. The number of hydrogen-bond acceptors (Lipinski definition) is 5. The van der Waals surface area contributed by atoms with Gasteiger partial charge < -0.3 is 14.7 Å². The normalized spacial score (nSPS) is 23.1. The van der Waals surface area contributed by atoms with Crippen molar-refractivity contribution in [3.05, 3.63) is 71.9 Å². The first-order valence-corrected chi connectivity index (χ1v) is 13.0. The molecule has 2 saturated heterocycles. The summed E-state index contributed by atoms with van der Waals surface area (Å²) >= 11 is 0. The van der Waals surface area contributed by atoms with Gasteiger partial charge in [-0.05, 0) is 29.7 Å². The average molecular weight is 491 g/mol. The van der Waals surface area contributed by atoms with Crippen LogP contribution in [0.5, 0.6) is 5.75 Å². The lowest BCUT2D eigenvalue weighted by molar-refractivity contribution is -0.143. The largest absolute Gasteiger partial charge is 0.497 e. The van der Waals surface area contributed by atoms with Gasteiger partial charge in [-0.1, -0.05) is 52.8 Å². The van der Waals surface area contributed by atoms with Crippen LogP contribution in [0.1, 0.15) is 36.8 Å². The van der Waals surface area contributed by atoms with Gasteiger partial charge in [0.1, 0.15) is 11.9 Å². The molecule has 0 saturated carbocycles. The minimum atomic E-state index is -0.719. The Bertz CT molecular complexity index is 1140. The molecule has 3 heterocycles. The lowest BCUT2D eigenvalue weighted by Crippen LogP contribution is -2.64. The standard InChI is InChI=1S/C28H35N5O3/c1-36-25-11-9-23(10-12-25)20-32-21-27(29-30-32)33(19-5-8-26(33)28(34)35)24-14-17-31(18-15-24)16-13-22-6-3-2-4-7-22/h2-4,6-7,9-12,21,24,26H,5,8,13-20H2,1H3/p+1/t26-,33?/m0/s1. The number of aromatic nitrogens is 3. The van der Waals surface area contributed by atoms with Crippen LogP contribution < -0.4 is 9.22 Å². The molecule has 2 aromatic carbocycles. The van der Waals surface area contributed by atoms with Gasteiger partial charge in [-0.2, -0.15) is 0 Å². The van der Waals surface area contributed by atoms with Crippen molar-refractivity contribution in [1.29, 1.82) is 0 Å². The van der Waals surface area contributed by atoms with Crippen LogP contribution >= 0.6 is 0 Å². The quantitative estimate of drug-likeness (QED) is 0.462. The Morgan fingerprint density at radius 2 is 1.81 bits per heavy atom. The number of quaternary nitrogens is 1. The minimum Gasteiger partial charge on any atom is -0.497 e. The summed E-state index contributed by atoms with van der Waals surface area (Å²) in [5.74, 6) is 0.902. The number of likely N-dealkylation sites (tertiary alicyclic amines) is 2. The third-order valence-corrected chi connectivity index (χ3v) is 8.07. The minimum absolute atomic E-state index is 0.243. The van der Waals surface area contributed by atoms with Crippen molar-refractivity contribution in [2.24, 2.45) is 0 Å². The average Bonchev–Trinajstić information content (AvgIpc) is 3.57. The summed E-state index contributed by atoms with van der Waals surface area (Å²) in [5.41, 5.74) is 2.46. The monoisotopic (exact) mass is 490 g/mol. The molecule has 3 aromatic rings. The Kier molecular flexibility index (Phi) is 7.34. The van der Waals surface area contributed by atoms with Gasteiger partial charge in [-0.15, -0.1) is 0 Å². The third-order valence-electron chi connectivity index (χ3n) is 8.07. The molecule has 190 valence electrons. The van der Waals surface area contributed by atoms with E-state index in [1.165, 1.54) is 5.56 Å². The highest BCUT2D eigenvalue weighted by Crippen LogP contribution is 2.39. The summed E-state index contributed by atoms with van der Waals surface area (Å²) in [7, 11) is 1.66. The zero-order valence-corrected chi connectivity index (χ0v) is 21.0. The van der Waals surface area contributed by atoms with Crippen LogP contribution in [0.3, 0.4) is 0 Å². The number of carboxylic acid groups (broad SMARTS) is 1. The highest BCUT2D eigenvalue weighted by molar-refractivity contribution is 5.77. The molecule has 0 aliphatic carbocycles. The lowest BCUT2D eigenvalue weighted by Gasteiger charge is -2.45. The van der Waals surface area contributed by atoms with Crippen LogP contribution in [0.4, 0.5) is 5.82 Å². The second-order valence-electron chi connectivity index (χ2n) is 10.1. The maximum atomic E-state index is 12.4. The summed E-state index contributed by atoms with van der Waals surface area (Å²) in [4.78, 5) is 14.9. The van der Waals surface area contributed by atoms with E-state index < -0.39 is 12.0 Å². The van der Waals surface area contributed by atoms with Crippen LogP contribution in [0.15, 0.2) is 60.8 Å². The van der Waals surface area contributed by atoms with E-state index in [2.05, 4.69) is 45.5 Å². The molecule has 8 heteroatoms. The first-order valence-electron chi connectivity index (χ1n) is 13.0. The van der Waals surface area contributed by atoms with E-state index in [0.29, 0.717) is 17.4 Å². The molecule has 2 aliphatic rings. The number of ether oxygens (including phenoxy) is 1. The van der Waals surface area contributed by atoms with Gasteiger partial charge in [0.15, 0.2) is 6.04 Å². The predicted octanol–water partition coefficient (Wildman–Crippen LogP) is 3.60. The third kappa shape index (κ3) is 5.01. The molecular formula is C28H36N5O3+. The van der Waals surface area contributed by atoms with Gasteiger partial charge in [-0.3, -0.25) is 4.48 Å². The molecule has 8 nitrogen and oxygen atoms in total. The van der Waals surface area contributed by atoms with E-state index in [9.17, 15) is 9.90 Å². The van der Waals surface area contributed by atoms with E-state index in [-0.39, 0.29) is 6.04 Å². The summed E-state index contributed by atoms with van der Waals surface area (Å²) < 4.78 is 7.53. The van der Waals surface area contributed by atoms with Crippen molar-refractivity contribution in [2.45, 2.75) is 50.7 Å². The Hall–Kier alpha value is -3.23. The number of aliphatic carboxylic acids is 1. The van der Waals surface area contributed by atoms with E-state index in [1.54, 1.807) is 7.11 Å². The molecule has 1 unspecified atom stereocenters. The summed E-state index contributed by atoms with van der Waals surface area (Å²) in [6.07, 6.45) is 6.56. The fourth-order valence-electron chi connectivity index (χ4n) is 6.16. The fraction of sp³-hybridized carbons (Fsp3) is 0.464. The number of carbonyl (C=O) groups is 1. The number of hydrogen-bond donors (Lipinski definition) is 1. The first kappa shape index (κ1) is 24.5. The molecule has 0 spiro atoms. The van der Waals surface area contributed by atoms with E-state index in [1.807, 2.05) is 35.1 Å².